The van der Waals surface area contributed by atoms with Gasteiger partial charge in [-0.3, -0.25) is 4.79 Å². The summed E-state index contributed by atoms with van der Waals surface area (Å²) in [4.78, 5) is 12.7. The van der Waals surface area contributed by atoms with Crippen LogP contribution in [0.5, 0.6) is 5.75 Å². The maximum absolute atomic E-state index is 12.7. The van der Waals surface area contributed by atoms with Crippen LogP contribution in [0, 0.1) is 0 Å². The van der Waals surface area contributed by atoms with Crippen LogP contribution in [-0.2, 0) is 4.79 Å². The maximum atomic E-state index is 12.7. The Labute approximate surface area is 142 Å². The van der Waals surface area contributed by atoms with Crippen LogP contribution in [0.4, 0.5) is 5.69 Å². The SMILES string of the molecule is CCCOc1cccc(/C=C2/C(=O)N(c3ccccc3)N=C2C)c1. The number of carbonyl (C=O) groups excluding carboxylic acids is 1. The Bertz CT molecular complexity index is 794. The molecule has 1 aliphatic heterocycles. The summed E-state index contributed by atoms with van der Waals surface area (Å²) in [5.41, 5.74) is 3.01. The lowest BCUT2D eigenvalue weighted by atomic mass is 10.1. The fourth-order valence-electron chi connectivity index (χ4n) is 2.51. The van der Waals surface area contributed by atoms with Gasteiger partial charge in [-0.15, -0.1) is 0 Å². The van der Waals surface area contributed by atoms with E-state index in [1.54, 1.807) is 0 Å². The summed E-state index contributed by atoms with van der Waals surface area (Å²) in [5.74, 6) is 0.699. The van der Waals surface area contributed by atoms with Crippen LogP contribution in [0.3, 0.4) is 0 Å². The molecule has 0 N–H and O–H groups in total. The molecular weight excluding hydrogens is 300 g/mol. The van der Waals surface area contributed by atoms with E-state index in [9.17, 15) is 4.79 Å². The zero-order valence-corrected chi connectivity index (χ0v) is 13.9. The molecule has 0 unspecified atom stereocenters. The van der Waals surface area contributed by atoms with E-state index in [2.05, 4.69) is 12.0 Å². The molecule has 1 amide bonds. The van der Waals surface area contributed by atoms with Gasteiger partial charge in [0, 0.05) is 0 Å². The quantitative estimate of drug-likeness (QED) is 0.772. The predicted molar refractivity (Wildman–Crippen MR) is 97.2 cm³/mol. The Hall–Kier alpha value is -2.88. The largest absolute Gasteiger partial charge is 0.494 e. The molecule has 0 saturated heterocycles. The highest BCUT2D eigenvalue weighted by molar-refractivity contribution is 6.32. The van der Waals surface area contributed by atoms with E-state index in [0.29, 0.717) is 17.9 Å². The highest BCUT2D eigenvalue weighted by Gasteiger charge is 2.28. The average molecular weight is 320 g/mol. The third kappa shape index (κ3) is 3.38. The molecule has 0 spiro atoms. The number of ether oxygens (including phenoxy) is 1. The third-order valence-corrected chi connectivity index (χ3v) is 3.71. The van der Waals surface area contributed by atoms with Gasteiger partial charge in [0.15, 0.2) is 0 Å². The Balaban J connectivity index is 1.86. The van der Waals surface area contributed by atoms with Gasteiger partial charge in [-0.25, -0.2) is 0 Å². The number of anilines is 1. The summed E-state index contributed by atoms with van der Waals surface area (Å²) >= 11 is 0. The van der Waals surface area contributed by atoms with E-state index in [-0.39, 0.29) is 5.91 Å². The van der Waals surface area contributed by atoms with Crippen molar-refractivity contribution in [2.45, 2.75) is 20.3 Å². The molecule has 0 aliphatic carbocycles. The van der Waals surface area contributed by atoms with Crippen LogP contribution >= 0.6 is 0 Å². The van der Waals surface area contributed by atoms with Crippen molar-refractivity contribution in [2.24, 2.45) is 5.10 Å². The fraction of sp³-hybridized carbons (Fsp3) is 0.200. The molecule has 2 aromatic carbocycles. The minimum absolute atomic E-state index is 0.112. The number of carbonyl (C=O) groups is 1. The predicted octanol–water partition coefficient (Wildman–Crippen LogP) is 4.28. The summed E-state index contributed by atoms with van der Waals surface area (Å²) < 4.78 is 5.65. The van der Waals surface area contributed by atoms with Crippen molar-refractivity contribution in [3.63, 3.8) is 0 Å². The highest BCUT2D eigenvalue weighted by Crippen LogP contribution is 2.25. The molecule has 0 saturated carbocycles. The average Bonchev–Trinajstić information content (AvgIpc) is 2.89. The molecule has 4 nitrogen and oxygen atoms in total. The standard InChI is InChI=1S/C20H20N2O2/c1-3-12-24-18-11-7-8-16(13-18)14-19-15(2)21-22(20(19)23)17-9-5-4-6-10-17/h4-11,13-14H,3,12H2,1-2H3/b19-14+. The monoisotopic (exact) mass is 320 g/mol. The Morgan fingerprint density at radius 1 is 1.12 bits per heavy atom. The molecule has 0 atom stereocenters. The zero-order valence-electron chi connectivity index (χ0n) is 13.9. The van der Waals surface area contributed by atoms with Crippen LogP contribution in [0.25, 0.3) is 6.08 Å². The summed E-state index contributed by atoms with van der Waals surface area (Å²) in [7, 11) is 0. The second-order valence-corrected chi connectivity index (χ2v) is 5.62. The summed E-state index contributed by atoms with van der Waals surface area (Å²) in [6.07, 6.45) is 2.82. The Kier molecular flexibility index (Phi) is 4.75. The minimum atomic E-state index is -0.112. The van der Waals surface area contributed by atoms with E-state index in [0.717, 1.165) is 23.4 Å². The molecule has 0 bridgehead atoms. The first-order chi connectivity index (χ1) is 11.7. The first-order valence-electron chi connectivity index (χ1n) is 8.08. The van der Waals surface area contributed by atoms with E-state index < -0.39 is 0 Å². The lowest BCUT2D eigenvalue weighted by Gasteiger charge is -2.11. The number of nitrogens with zero attached hydrogens (tertiary/aromatic N) is 2. The van der Waals surface area contributed by atoms with Crippen molar-refractivity contribution in [1.29, 1.82) is 0 Å². The number of para-hydroxylation sites is 1. The van der Waals surface area contributed by atoms with Crippen LogP contribution in [0.1, 0.15) is 25.8 Å². The van der Waals surface area contributed by atoms with E-state index in [4.69, 9.17) is 4.74 Å². The van der Waals surface area contributed by atoms with Gasteiger partial charge >= 0.3 is 0 Å². The minimum Gasteiger partial charge on any atom is -0.494 e. The van der Waals surface area contributed by atoms with Crippen molar-refractivity contribution in [3.05, 3.63) is 65.7 Å². The smallest absolute Gasteiger partial charge is 0.280 e. The molecule has 3 rings (SSSR count). The van der Waals surface area contributed by atoms with Crippen LogP contribution in [0.15, 0.2) is 65.3 Å². The third-order valence-electron chi connectivity index (χ3n) is 3.71. The normalized spacial score (nSPS) is 15.8. The van der Waals surface area contributed by atoms with Gasteiger partial charge in [0.2, 0.25) is 0 Å². The molecule has 24 heavy (non-hydrogen) atoms. The highest BCUT2D eigenvalue weighted by atomic mass is 16.5. The summed E-state index contributed by atoms with van der Waals surface area (Å²) in [5, 5.41) is 5.83. The molecule has 0 aromatic heterocycles. The number of hydrogen-bond acceptors (Lipinski definition) is 3. The zero-order chi connectivity index (χ0) is 16.9. The maximum Gasteiger partial charge on any atom is 0.280 e. The van der Waals surface area contributed by atoms with Gasteiger partial charge in [-0.1, -0.05) is 37.3 Å². The molecular formula is C20H20N2O2. The van der Waals surface area contributed by atoms with Gasteiger partial charge in [0.05, 0.1) is 23.6 Å². The van der Waals surface area contributed by atoms with Gasteiger partial charge < -0.3 is 4.74 Å². The molecule has 4 heteroatoms. The lowest BCUT2D eigenvalue weighted by molar-refractivity contribution is -0.114. The fourth-order valence-corrected chi connectivity index (χ4v) is 2.51. The number of rotatable bonds is 5. The Morgan fingerprint density at radius 2 is 1.92 bits per heavy atom. The van der Waals surface area contributed by atoms with Crippen molar-refractivity contribution < 1.29 is 9.53 Å². The number of benzene rings is 2. The molecule has 1 heterocycles. The first-order valence-corrected chi connectivity index (χ1v) is 8.08. The van der Waals surface area contributed by atoms with Gasteiger partial charge in [0.1, 0.15) is 5.75 Å². The molecule has 1 aliphatic rings. The van der Waals surface area contributed by atoms with Gasteiger partial charge in [0.25, 0.3) is 5.91 Å². The van der Waals surface area contributed by atoms with Gasteiger partial charge in [-0.2, -0.15) is 10.1 Å². The second kappa shape index (κ2) is 7.13. The molecule has 122 valence electrons. The number of hydrogen-bond donors (Lipinski definition) is 0. The first kappa shape index (κ1) is 16.0. The molecule has 0 radical (unpaired) electrons. The van der Waals surface area contributed by atoms with E-state index >= 15 is 0 Å². The summed E-state index contributed by atoms with van der Waals surface area (Å²) in [6, 6.07) is 17.2. The van der Waals surface area contributed by atoms with Gasteiger partial charge in [-0.05, 0) is 49.2 Å². The number of hydrazone groups is 1. The Morgan fingerprint density at radius 3 is 2.67 bits per heavy atom. The van der Waals surface area contributed by atoms with Crippen LogP contribution < -0.4 is 9.75 Å². The molecule has 0 fully saturated rings. The topological polar surface area (TPSA) is 41.9 Å². The number of amides is 1. The van der Waals surface area contributed by atoms with Crippen molar-refractivity contribution >= 4 is 23.4 Å². The van der Waals surface area contributed by atoms with Crippen LogP contribution in [-0.4, -0.2) is 18.2 Å². The van der Waals surface area contributed by atoms with E-state index in [1.165, 1.54) is 5.01 Å². The van der Waals surface area contributed by atoms with Crippen LogP contribution in [0.2, 0.25) is 0 Å². The van der Waals surface area contributed by atoms with Crippen molar-refractivity contribution in [2.75, 3.05) is 11.6 Å². The second-order valence-electron chi connectivity index (χ2n) is 5.62. The van der Waals surface area contributed by atoms with Crippen molar-refractivity contribution in [3.8, 4) is 5.75 Å². The molecule has 2 aromatic rings. The lowest BCUT2D eigenvalue weighted by Crippen LogP contribution is -2.21. The van der Waals surface area contributed by atoms with Crippen molar-refractivity contribution in [1.82, 2.24) is 0 Å². The van der Waals surface area contributed by atoms with E-state index in [1.807, 2.05) is 67.6 Å². The summed E-state index contributed by atoms with van der Waals surface area (Å²) in [6.45, 7) is 4.60.